The summed E-state index contributed by atoms with van der Waals surface area (Å²) >= 11 is 0. The van der Waals surface area contributed by atoms with E-state index in [0.29, 0.717) is 17.8 Å². The van der Waals surface area contributed by atoms with Gasteiger partial charge in [0.25, 0.3) is 0 Å². The number of nitrogens with two attached hydrogens (primary N) is 1. The summed E-state index contributed by atoms with van der Waals surface area (Å²) in [6, 6.07) is 8.78. The first-order valence-electron chi connectivity index (χ1n) is 7.02. The van der Waals surface area contributed by atoms with Crippen LogP contribution in [-0.4, -0.2) is 28.9 Å². The van der Waals surface area contributed by atoms with Gasteiger partial charge in [0.2, 0.25) is 5.95 Å². The molecule has 0 bridgehead atoms. The van der Waals surface area contributed by atoms with E-state index >= 15 is 0 Å². The van der Waals surface area contributed by atoms with Gasteiger partial charge in [-0.3, -0.25) is 0 Å². The lowest BCUT2D eigenvalue weighted by Crippen LogP contribution is -2.22. The second-order valence-corrected chi connectivity index (χ2v) is 5.83. The van der Waals surface area contributed by atoms with Crippen molar-refractivity contribution in [3.8, 4) is 0 Å². The number of benzene rings is 1. The largest absolute Gasteiger partial charge is 0.378 e. The lowest BCUT2D eigenvalue weighted by atomic mass is 9.86. The number of fused-ring (bicyclic) bond motifs is 1. The Labute approximate surface area is 119 Å². The van der Waals surface area contributed by atoms with E-state index in [4.69, 9.17) is 5.73 Å². The number of hydrogen-bond acceptors (Lipinski definition) is 4. The van der Waals surface area contributed by atoms with E-state index in [1.54, 1.807) is 0 Å². The molecule has 3 rings (SSSR count). The molecule has 0 spiro atoms. The van der Waals surface area contributed by atoms with Crippen LogP contribution in [0.5, 0.6) is 0 Å². The van der Waals surface area contributed by atoms with Gasteiger partial charge in [-0.2, -0.15) is 4.98 Å². The van der Waals surface area contributed by atoms with Crippen LogP contribution in [0, 0.1) is 0 Å². The first-order chi connectivity index (χ1) is 9.54. The number of nitrogens with zero attached hydrogens (tertiary/aromatic N) is 4. The van der Waals surface area contributed by atoms with Gasteiger partial charge in [-0.25, -0.2) is 4.68 Å². The van der Waals surface area contributed by atoms with Crippen molar-refractivity contribution in [3.05, 3.63) is 35.7 Å². The molecule has 0 fully saturated rings. The smallest absolute Gasteiger partial charge is 0.239 e. The maximum Gasteiger partial charge on any atom is 0.239 e. The summed E-state index contributed by atoms with van der Waals surface area (Å²) in [7, 11) is 4.12. The maximum atomic E-state index is 5.71. The highest BCUT2D eigenvalue weighted by atomic mass is 15.4. The molecule has 2 heterocycles. The summed E-state index contributed by atoms with van der Waals surface area (Å²) in [6.07, 6.45) is 1.10. The first-order valence-corrected chi connectivity index (χ1v) is 7.02. The highest BCUT2D eigenvalue weighted by molar-refractivity contribution is 5.46. The Kier molecular flexibility index (Phi) is 3.12. The molecular formula is C15H21N5. The van der Waals surface area contributed by atoms with Gasteiger partial charge < -0.3 is 10.6 Å². The maximum absolute atomic E-state index is 5.71. The van der Waals surface area contributed by atoms with Gasteiger partial charge in [0.1, 0.15) is 5.82 Å². The Morgan fingerprint density at radius 1 is 1.25 bits per heavy atom. The molecule has 2 N–H and O–H groups in total. The molecule has 106 valence electrons. The zero-order chi connectivity index (χ0) is 14.3. The van der Waals surface area contributed by atoms with E-state index in [2.05, 4.69) is 60.3 Å². The predicted molar refractivity (Wildman–Crippen MR) is 81.0 cm³/mol. The molecule has 2 unspecified atom stereocenters. The molecule has 1 aliphatic heterocycles. The molecule has 0 amide bonds. The Morgan fingerprint density at radius 3 is 2.60 bits per heavy atom. The highest BCUT2D eigenvalue weighted by Crippen LogP contribution is 2.35. The second kappa shape index (κ2) is 4.81. The third-order valence-corrected chi connectivity index (χ3v) is 4.07. The van der Waals surface area contributed by atoms with Crippen LogP contribution in [0.4, 0.5) is 11.6 Å². The van der Waals surface area contributed by atoms with Crippen LogP contribution in [0.15, 0.2) is 24.3 Å². The van der Waals surface area contributed by atoms with Crippen LogP contribution in [0.25, 0.3) is 0 Å². The predicted octanol–water partition coefficient (Wildman–Crippen LogP) is 2.22. The van der Waals surface area contributed by atoms with Crippen LogP contribution in [0.3, 0.4) is 0 Å². The molecule has 0 radical (unpaired) electrons. The highest BCUT2D eigenvalue weighted by Gasteiger charge is 2.27. The number of rotatable bonds is 2. The van der Waals surface area contributed by atoms with Gasteiger partial charge in [-0.15, -0.1) is 5.10 Å². The Bertz CT molecular complexity index is 599. The first kappa shape index (κ1) is 13.0. The monoisotopic (exact) mass is 271 g/mol. The summed E-state index contributed by atoms with van der Waals surface area (Å²) < 4.78 is 1.97. The van der Waals surface area contributed by atoms with Crippen LogP contribution in [-0.2, 0) is 6.54 Å². The molecular weight excluding hydrogens is 250 g/mol. The molecule has 1 aromatic carbocycles. The fourth-order valence-corrected chi connectivity index (χ4v) is 2.97. The van der Waals surface area contributed by atoms with Crippen molar-refractivity contribution in [2.45, 2.75) is 31.7 Å². The second-order valence-electron chi connectivity index (χ2n) is 5.83. The third kappa shape index (κ3) is 2.24. The topological polar surface area (TPSA) is 60.0 Å². The van der Waals surface area contributed by atoms with E-state index in [9.17, 15) is 0 Å². The summed E-state index contributed by atoms with van der Waals surface area (Å²) in [5.74, 6) is 2.28. The Morgan fingerprint density at radius 2 is 1.95 bits per heavy atom. The summed E-state index contributed by atoms with van der Waals surface area (Å²) in [6.45, 7) is 3.06. The number of nitrogen functional groups attached to an aromatic ring is 1. The van der Waals surface area contributed by atoms with Gasteiger partial charge in [-0.1, -0.05) is 19.1 Å². The van der Waals surface area contributed by atoms with Crippen molar-refractivity contribution in [1.29, 1.82) is 0 Å². The minimum absolute atomic E-state index is 0.385. The van der Waals surface area contributed by atoms with Gasteiger partial charge in [0.05, 0.1) is 0 Å². The van der Waals surface area contributed by atoms with E-state index < -0.39 is 0 Å². The molecule has 0 saturated heterocycles. The fraction of sp³-hybridized carbons (Fsp3) is 0.467. The van der Waals surface area contributed by atoms with Crippen molar-refractivity contribution in [2.24, 2.45) is 0 Å². The minimum Gasteiger partial charge on any atom is -0.378 e. The molecule has 20 heavy (non-hydrogen) atoms. The van der Waals surface area contributed by atoms with Crippen molar-refractivity contribution in [2.75, 3.05) is 24.7 Å². The van der Waals surface area contributed by atoms with Crippen molar-refractivity contribution in [1.82, 2.24) is 14.8 Å². The molecule has 1 aliphatic rings. The van der Waals surface area contributed by atoms with Crippen LogP contribution in [0.2, 0.25) is 0 Å². The summed E-state index contributed by atoms with van der Waals surface area (Å²) in [4.78, 5) is 6.44. The van der Waals surface area contributed by atoms with Crippen molar-refractivity contribution < 1.29 is 0 Å². The van der Waals surface area contributed by atoms with Crippen LogP contribution >= 0.6 is 0 Å². The van der Waals surface area contributed by atoms with Crippen molar-refractivity contribution >= 4 is 11.6 Å². The SMILES string of the molecule is CC1CC(c2ccc(N(C)C)cc2)Cn2nc(N)nc21. The van der Waals surface area contributed by atoms with Crippen molar-refractivity contribution in [3.63, 3.8) is 0 Å². The number of hydrogen-bond donors (Lipinski definition) is 1. The van der Waals surface area contributed by atoms with E-state index in [-0.39, 0.29) is 0 Å². The number of anilines is 2. The summed E-state index contributed by atoms with van der Waals surface area (Å²) in [5, 5.41) is 4.30. The van der Waals surface area contributed by atoms with Gasteiger partial charge in [0, 0.05) is 38.2 Å². The molecule has 2 aromatic rings. The zero-order valence-electron chi connectivity index (χ0n) is 12.2. The molecule has 1 aromatic heterocycles. The lowest BCUT2D eigenvalue weighted by Gasteiger charge is -2.27. The average molecular weight is 271 g/mol. The van der Waals surface area contributed by atoms with Gasteiger partial charge in [-0.05, 0) is 24.1 Å². The van der Waals surface area contributed by atoms with E-state index in [0.717, 1.165) is 18.8 Å². The quantitative estimate of drug-likeness (QED) is 0.910. The number of aromatic nitrogens is 3. The Balaban J connectivity index is 1.85. The standard InChI is InChI=1S/C15H21N5/c1-10-8-12(9-20-14(10)17-15(16)18-20)11-4-6-13(7-5-11)19(2)3/h4-7,10,12H,8-9H2,1-3H3,(H2,16,18). The van der Waals surface area contributed by atoms with Gasteiger partial charge in [0.15, 0.2) is 0 Å². The normalized spacial score (nSPS) is 21.6. The van der Waals surface area contributed by atoms with E-state index in [1.807, 2.05) is 4.68 Å². The van der Waals surface area contributed by atoms with E-state index in [1.165, 1.54) is 11.3 Å². The molecule has 0 aliphatic carbocycles. The average Bonchev–Trinajstić information content (AvgIpc) is 2.80. The third-order valence-electron chi connectivity index (χ3n) is 4.07. The minimum atomic E-state index is 0.385. The molecule has 0 saturated carbocycles. The lowest BCUT2D eigenvalue weighted by molar-refractivity contribution is 0.382. The van der Waals surface area contributed by atoms with Crippen LogP contribution < -0.4 is 10.6 Å². The molecule has 5 heteroatoms. The summed E-state index contributed by atoms with van der Waals surface area (Å²) in [5.41, 5.74) is 8.30. The zero-order valence-corrected chi connectivity index (χ0v) is 12.2. The fourth-order valence-electron chi connectivity index (χ4n) is 2.97. The molecule has 5 nitrogen and oxygen atoms in total. The Hall–Kier alpha value is -2.04. The van der Waals surface area contributed by atoms with Gasteiger partial charge >= 0.3 is 0 Å². The van der Waals surface area contributed by atoms with Crippen LogP contribution in [0.1, 0.15) is 36.6 Å². The molecule has 2 atom stereocenters.